The molecule has 0 aliphatic carbocycles. The van der Waals surface area contributed by atoms with Crippen LogP contribution in [0.4, 0.5) is 0 Å². The molecule has 6 heteroatoms. The Balaban J connectivity index is 1.64. The lowest BCUT2D eigenvalue weighted by Crippen LogP contribution is -2.56. The van der Waals surface area contributed by atoms with Crippen molar-refractivity contribution in [3.05, 3.63) is 17.5 Å². The molecule has 1 aromatic rings. The number of carbonyl (C=O) groups excluding carboxylic acids is 1. The number of hydrogen-bond donors (Lipinski definition) is 0. The fraction of sp³-hybridized carbons (Fsp3) is 0.765. The molecule has 0 saturated carbocycles. The van der Waals surface area contributed by atoms with Gasteiger partial charge in [-0.3, -0.25) is 4.79 Å². The fourth-order valence-electron chi connectivity index (χ4n) is 3.61. The van der Waals surface area contributed by atoms with Gasteiger partial charge in [-0.1, -0.05) is 19.0 Å². The summed E-state index contributed by atoms with van der Waals surface area (Å²) in [5.74, 6) is 0.920. The van der Waals surface area contributed by atoms with E-state index in [1.165, 1.54) is 0 Å². The molecule has 0 N–H and O–H groups in total. The van der Waals surface area contributed by atoms with E-state index in [0.29, 0.717) is 18.8 Å². The third-order valence-corrected chi connectivity index (χ3v) is 5.09. The maximum absolute atomic E-state index is 12.6. The number of amides is 1. The van der Waals surface area contributed by atoms with Gasteiger partial charge in [-0.05, 0) is 25.7 Å². The van der Waals surface area contributed by atoms with Gasteiger partial charge < -0.3 is 18.9 Å². The second-order valence-corrected chi connectivity index (χ2v) is 6.84. The van der Waals surface area contributed by atoms with E-state index in [4.69, 9.17) is 14.0 Å². The summed E-state index contributed by atoms with van der Waals surface area (Å²) in [4.78, 5) is 14.4. The van der Waals surface area contributed by atoms with Gasteiger partial charge >= 0.3 is 0 Å². The van der Waals surface area contributed by atoms with Crippen molar-refractivity contribution in [1.82, 2.24) is 10.1 Å². The van der Waals surface area contributed by atoms with Gasteiger partial charge in [0.05, 0.1) is 11.7 Å². The third kappa shape index (κ3) is 3.15. The second-order valence-electron chi connectivity index (χ2n) is 6.84. The molecule has 0 bridgehead atoms. The summed E-state index contributed by atoms with van der Waals surface area (Å²) in [5.41, 5.74) is 0.175. The van der Waals surface area contributed by atoms with Gasteiger partial charge in [-0.2, -0.15) is 0 Å². The van der Waals surface area contributed by atoms with E-state index in [2.05, 4.69) is 5.16 Å². The van der Waals surface area contributed by atoms with Crippen molar-refractivity contribution >= 4 is 5.91 Å². The molecular weight excluding hydrogens is 296 g/mol. The zero-order valence-electron chi connectivity index (χ0n) is 14.2. The molecule has 2 aliphatic rings. The molecule has 1 atom stereocenters. The molecule has 0 aromatic carbocycles. The predicted octanol–water partition coefficient (Wildman–Crippen LogP) is 2.60. The number of piperidine rings is 1. The van der Waals surface area contributed by atoms with Crippen LogP contribution in [0.1, 0.15) is 61.7 Å². The summed E-state index contributed by atoms with van der Waals surface area (Å²) in [5, 5.41) is 3.93. The lowest BCUT2D eigenvalue weighted by atomic mass is 9.82. The monoisotopic (exact) mass is 322 g/mol. The van der Waals surface area contributed by atoms with E-state index < -0.39 is 0 Å². The highest BCUT2D eigenvalue weighted by atomic mass is 16.5. The molecule has 23 heavy (non-hydrogen) atoms. The Labute approximate surface area is 137 Å². The van der Waals surface area contributed by atoms with Crippen molar-refractivity contribution in [2.45, 2.75) is 57.2 Å². The Hall–Kier alpha value is -1.40. The first-order chi connectivity index (χ1) is 11.1. The maximum Gasteiger partial charge on any atom is 0.276 e. The summed E-state index contributed by atoms with van der Waals surface area (Å²) in [6.45, 7) is 6.16. The van der Waals surface area contributed by atoms with Crippen molar-refractivity contribution in [2.75, 3.05) is 26.8 Å². The first kappa shape index (κ1) is 16.5. The molecular formula is C17H26N2O4. The minimum absolute atomic E-state index is 0.0553. The van der Waals surface area contributed by atoms with Gasteiger partial charge in [-0.15, -0.1) is 0 Å². The normalized spacial score (nSPS) is 24.3. The maximum atomic E-state index is 12.6. The number of ether oxygens (including phenoxy) is 2. The van der Waals surface area contributed by atoms with Gasteiger partial charge in [0.15, 0.2) is 5.69 Å². The largest absolute Gasteiger partial charge is 0.378 e. The molecule has 2 fully saturated rings. The smallest absolute Gasteiger partial charge is 0.276 e. The van der Waals surface area contributed by atoms with E-state index in [1.807, 2.05) is 18.7 Å². The highest BCUT2D eigenvalue weighted by Gasteiger charge is 2.45. The average molecular weight is 322 g/mol. The number of likely N-dealkylation sites (tertiary alicyclic amines) is 1. The number of carbonyl (C=O) groups is 1. The first-order valence-electron chi connectivity index (χ1n) is 8.48. The van der Waals surface area contributed by atoms with Gasteiger partial charge in [0.2, 0.25) is 0 Å². The Kier molecular flexibility index (Phi) is 4.73. The first-order valence-corrected chi connectivity index (χ1v) is 8.48. The van der Waals surface area contributed by atoms with Gasteiger partial charge in [0, 0.05) is 38.8 Å². The zero-order valence-corrected chi connectivity index (χ0v) is 14.2. The molecule has 3 heterocycles. The lowest BCUT2D eigenvalue weighted by Gasteiger charge is -2.47. The number of aromatic nitrogens is 1. The summed E-state index contributed by atoms with van der Waals surface area (Å²) in [7, 11) is 1.75. The quantitative estimate of drug-likeness (QED) is 0.856. The van der Waals surface area contributed by atoms with Crippen LogP contribution in [0, 0.1) is 0 Å². The highest BCUT2D eigenvalue weighted by Crippen LogP contribution is 2.37. The van der Waals surface area contributed by atoms with Crippen LogP contribution in [0.15, 0.2) is 10.6 Å². The van der Waals surface area contributed by atoms with Crippen LogP contribution in [-0.4, -0.2) is 54.5 Å². The Morgan fingerprint density at radius 2 is 2.17 bits per heavy atom. The average Bonchev–Trinajstić information content (AvgIpc) is 3.06. The van der Waals surface area contributed by atoms with Crippen LogP contribution in [-0.2, 0) is 9.47 Å². The SMILES string of the molecule is CO[C@H]1CCCOC12CCN(C(=O)c1cc(C(C)C)on1)CC2. The van der Waals surface area contributed by atoms with E-state index in [9.17, 15) is 4.79 Å². The van der Waals surface area contributed by atoms with Gasteiger partial charge in [-0.25, -0.2) is 0 Å². The Morgan fingerprint density at radius 1 is 1.43 bits per heavy atom. The summed E-state index contributed by atoms with van der Waals surface area (Å²) >= 11 is 0. The number of methoxy groups -OCH3 is 1. The van der Waals surface area contributed by atoms with Crippen molar-refractivity contribution in [3.63, 3.8) is 0 Å². The molecule has 6 nitrogen and oxygen atoms in total. The fourth-order valence-corrected chi connectivity index (χ4v) is 3.61. The molecule has 128 valence electrons. The van der Waals surface area contributed by atoms with Gasteiger partial charge in [0.25, 0.3) is 5.91 Å². The Bertz CT molecular complexity index is 547. The van der Waals surface area contributed by atoms with Crippen molar-refractivity contribution in [2.24, 2.45) is 0 Å². The molecule has 2 saturated heterocycles. The standard InChI is InChI=1S/C17H26N2O4/c1-12(2)14-11-13(18-23-14)16(20)19-8-6-17(7-9-19)15(21-3)5-4-10-22-17/h11-12,15H,4-10H2,1-3H3/t15-/m0/s1. The molecule has 1 amide bonds. The van der Waals surface area contributed by atoms with Crippen molar-refractivity contribution in [3.8, 4) is 0 Å². The molecule has 0 radical (unpaired) electrons. The van der Waals surface area contributed by atoms with E-state index >= 15 is 0 Å². The van der Waals surface area contributed by atoms with Crippen molar-refractivity contribution in [1.29, 1.82) is 0 Å². The van der Waals surface area contributed by atoms with Crippen LogP contribution in [0.25, 0.3) is 0 Å². The van der Waals surface area contributed by atoms with Crippen LogP contribution < -0.4 is 0 Å². The molecule has 2 aliphatic heterocycles. The summed E-state index contributed by atoms with van der Waals surface area (Å²) in [6.07, 6.45) is 3.83. The second kappa shape index (κ2) is 6.61. The van der Waals surface area contributed by atoms with E-state index in [0.717, 1.165) is 38.1 Å². The zero-order chi connectivity index (χ0) is 16.4. The predicted molar refractivity (Wildman–Crippen MR) is 84.4 cm³/mol. The van der Waals surface area contributed by atoms with E-state index in [1.54, 1.807) is 13.2 Å². The van der Waals surface area contributed by atoms with Gasteiger partial charge in [0.1, 0.15) is 5.76 Å². The minimum Gasteiger partial charge on any atom is -0.378 e. The highest BCUT2D eigenvalue weighted by molar-refractivity contribution is 5.92. The third-order valence-electron chi connectivity index (χ3n) is 5.09. The van der Waals surface area contributed by atoms with Crippen molar-refractivity contribution < 1.29 is 18.8 Å². The number of nitrogens with zero attached hydrogens (tertiary/aromatic N) is 2. The topological polar surface area (TPSA) is 64.8 Å². The van der Waals surface area contributed by atoms with Crippen LogP contribution >= 0.6 is 0 Å². The molecule has 0 unspecified atom stereocenters. The number of hydrogen-bond acceptors (Lipinski definition) is 5. The van der Waals surface area contributed by atoms with E-state index in [-0.39, 0.29) is 23.5 Å². The molecule has 1 spiro atoms. The van der Waals surface area contributed by atoms with Crippen LogP contribution in [0.5, 0.6) is 0 Å². The molecule has 1 aromatic heterocycles. The summed E-state index contributed by atoms with van der Waals surface area (Å²) < 4.78 is 17.0. The van der Waals surface area contributed by atoms with Crippen LogP contribution in [0.3, 0.4) is 0 Å². The molecule has 3 rings (SSSR count). The Morgan fingerprint density at radius 3 is 2.78 bits per heavy atom. The van der Waals surface area contributed by atoms with Crippen LogP contribution in [0.2, 0.25) is 0 Å². The lowest BCUT2D eigenvalue weighted by molar-refractivity contribution is -0.183. The minimum atomic E-state index is -0.225. The number of rotatable bonds is 3. The summed E-state index contributed by atoms with van der Waals surface area (Å²) in [6, 6.07) is 1.76.